The molecule has 0 unspecified atom stereocenters. The zero-order valence-corrected chi connectivity index (χ0v) is 13.2. The van der Waals surface area contributed by atoms with Crippen LogP contribution in [0.25, 0.3) is 10.0 Å². The van der Waals surface area contributed by atoms with Crippen molar-refractivity contribution in [2.75, 3.05) is 0 Å². The van der Waals surface area contributed by atoms with Crippen molar-refractivity contribution in [3.8, 4) is 10.0 Å². The molecule has 1 fully saturated rings. The minimum atomic E-state index is -4.31. The van der Waals surface area contributed by atoms with Gasteiger partial charge in [-0.1, -0.05) is 0 Å². The summed E-state index contributed by atoms with van der Waals surface area (Å²) in [7, 11) is 0. The van der Waals surface area contributed by atoms with E-state index >= 15 is 0 Å². The van der Waals surface area contributed by atoms with Gasteiger partial charge in [0.1, 0.15) is 0 Å². The first-order chi connectivity index (χ1) is 10.1. The first kappa shape index (κ1) is 14.9. The van der Waals surface area contributed by atoms with Gasteiger partial charge in [-0.2, -0.15) is 0 Å². The van der Waals surface area contributed by atoms with E-state index in [1.165, 1.54) is 0 Å². The van der Waals surface area contributed by atoms with Crippen molar-refractivity contribution < 1.29 is 13.2 Å². The number of rotatable bonds is 2. The normalized spacial score (nSPS) is 17.1. The molecule has 0 N–H and O–H groups in total. The summed E-state index contributed by atoms with van der Waals surface area (Å²) >= 11 is -0.459. The molecule has 21 heavy (non-hydrogen) atoms. The molecule has 1 saturated carbocycles. The first-order valence-electron chi connectivity index (χ1n) is 7.19. The van der Waals surface area contributed by atoms with Crippen molar-refractivity contribution >= 4 is 14.7 Å². The molecule has 1 aromatic carbocycles. The third kappa shape index (κ3) is 3.09. The Hall–Kier alpha value is -1.06. The van der Waals surface area contributed by atoms with Crippen LogP contribution in [0.15, 0.2) is 30.3 Å². The number of aromatic nitrogens is 1. The van der Waals surface area contributed by atoms with E-state index in [4.69, 9.17) is 0 Å². The summed E-state index contributed by atoms with van der Waals surface area (Å²) in [5, 5.41) is 0. The second kappa shape index (κ2) is 5.97. The second-order valence-electron chi connectivity index (χ2n) is 5.47. The molecule has 2 aromatic rings. The van der Waals surface area contributed by atoms with Gasteiger partial charge in [-0.25, -0.2) is 0 Å². The van der Waals surface area contributed by atoms with E-state index < -0.39 is 26.5 Å². The van der Waals surface area contributed by atoms with E-state index in [2.05, 4.69) is 3.98 Å². The van der Waals surface area contributed by atoms with Crippen LogP contribution in [0.3, 0.4) is 0 Å². The molecule has 0 bridgehead atoms. The van der Waals surface area contributed by atoms with Crippen LogP contribution in [0, 0.1) is 0 Å². The van der Waals surface area contributed by atoms with Crippen molar-refractivity contribution in [3.63, 3.8) is 0 Å². The monoisotopic (exact) mass is 359 g/mol. The van der Waals surface area contributed by atoms with Crippen LogP contribution < -0.4 is 0 Å². The van der Waals surface area contributed by atoms with E-state index in [9.17, 15) is 13.2 Å². The van der Waals surface area contributed by atoms with Crippen LogP contribution >= 0.6 is 0 Å². The summed E-state index contributed by atoms with van der Waals surface area (Å²) in [4.78, 5) is 0. The zero-order chi connectivity index (χ0) is 14.9. The van der Waals surface area contributed by atoms with Crippen LogP contribution in [0.4, 0.5) is 13.2 Å². The van der Waals surface area contributed by atoms with Crippen LogP contribution in [0.1, 0.15) is 49.3 Å². The van der Waals surface area contributed by atoms with Gasteiger partial charge in [0.25, 0.3) is 0 Å². The number of nitrogens with zero attached hydrogens (tertiary/aromatic N) is 1. The number of alkyl halides is 3. The summed E-state index contributed by atoms with van der Waals surface area (Å²) in [6, 6.07) is 8.89. The maximum atomic E-state index is 13.6. The van der Waals surface area contributed by atoms with Crippen molar-refractivity contribution in [2.24, 2.45) is 0 Å². The topological polar surface area (TPSA) is 12.9 Å². The Kier molecular flexibility index (Phi) is 4.23. The average molecular weight is 358 g/mol. The number of hydrogen-bond acceptors (Lipinski definition) is 1. The molecule has 1 nitrogen and oxygen atoms in total. The third-order valence-electron chi connectivity index (χ3n) is 4.03. The van der Waals surface area contributed by atoms with E-state index in [0.717, 1.165) is 32.1 Å². The Labute approximate surface area is 128 Å². The Morgan fingerprint density at radius 1 is 1.00 bits per heavy atom. The number of halogens is 3. The fourth-order valence-electron chi connectivity index (χ4n) is 3.02. The molecule has 1 aromatic heterocycles. The van der Waals surface area contributed by atoms with Gasteiger partial charge in [-0.3, -0.25) is 0 Å². The Morgan fingerprint density at radius 3 is 2.29 bits per heavy atom. The van der Waals surface area contributed by atoms with Gasteiger partial charge in [0.05, 0.1) is 0 Å². The van der Waals surface area contributed by atoms with E-state index in [-0.39, 0.29) is 5.92 Å². The van der Waals surface area contributed by atoms with E-state index in [1.54, 1.807) is 24.3 Å². The molecule has 0 radical (unpaired) electrons. The van der Waals surface area contributed by atoms with Crippen LogP contribution in [-0.2, 0) is 6.18 Å². The Bertz CT molecular complexity index is 598. The minimum absolute atomic E-state index is 0.00142. The van der Waals surface area contributed by atoms with Gasteiger partial charge in [0.2, 0.25) is 0 Å². The molecule has 0 aliphatic heterocycles. The average Bonchev–Trinajstić information content (AvgIpc) is 2.94. The summed E-state index contributed by atoms with van der Waals surface area (Å²) < 4.78 is 45.5. The van der Waals surface area contributed by atoms with E-state index in [0.29, 0.717) is 15.7 Å². The molecule has 0 amide bonds. The molecule has 1 aliphatic rings. The predicted molar refractivity (Wildman–Crippen MR) is 77.4 cm³/mol. The molecule has 0 atom stereocenters. The molecular formula is C16H16F3NSe. The number of benzene rings is 1. The van der Waals surface area contributed by atoms with Crippen molar-refractivity contribution in [3.05, 3.63) is 41.6 Å². The van der Waals surface area contributed by atoms with Gasteiger partial charge in [-0.05, 0) is 0 Å². The Balaban J connectivity index is 2.08. The maximum absolute atomic E-state index is 13.6. The molecule has 5 heteroatoms. The molecule has 3 rings (SSSR count). The summed E-state index contributed by atoms with van der Waals surface area (Å²) in [6.45, 7) is 0. The molecule has 1 aliphatic carbocycles. The van der Waals surface area contributed by atoms with Crippen LogP contribution in [0.2, 0.25) is 0 Å². The predicted octanol–water partition coefficient (Wildman–Crippen LogP) is 4.87. The SMILES string of the molecule is FC(F)(F)c1c(C2CCCCC2)n[se]c1-c1ccccc1. The van der Waals surface area contributed by atoms with Gasteiger partial charge >= 0.3 is 128 Å². The molecule has 1 heterocycles. The third-order valence-corrected chi connectivity index (χ3v) is 5.94. The van der Waals surface area contributed by atoms with Crippen molar-refractivity contribution in [1.82, 2.24) is 3.98 Å². The fourth-order valence-corrected chi connectivity index (χ4v) is 5.08. The van der Waals surface area contributed by atoms with Crippen LogP contribution in [0.5, 0.6) is 0 Å². The summed E-state index contributed by atoms with van der Waals surface area (Å²) in [5.41, 5.74) is 0.557. The quantitative estimate of drug-likeness (QED) is 0.698. The van der Waals surface area contributed by atoms with Gasteiger partial charge in [0, 0.05) is 0 Å². The molecular weight excluding hydrogens is 342 g/mol. The molecule has 0 saturated heterocycles. The van der Waals surface area contributed by atoms with Gasteiger partial charge in [0.15, 0.2) is 0 Å². The van der Waals surface area contributed by atoms with Gasteiger partial charge in [-0.15, -0.1) is 0 Å². The first-order valence-corrected chi connectivity index (χ1v) is 8.82. The fraction of sp³-hybridized carbons (Fsp3) is 0.438. The molecule has 112 valence electrons. The van der Waals surface area contributed by atoms with Gasteiger partial charge < -0.3 is 0 Å². The number of hydrogen-bond donors (Lipinski definition) is 0. The van der Waals surface area contributed by atoms with E-state index in [1.807, 2.05) is 6.07 Å². The van der Waals surface area contributed by atoms with Crippen molar-refractivity contribution in [1.29, 1.82) is 0 Å². The van der Waals surface area contributed by atoms with Crippen LogP contribution in [-0.4, -0.2) is 18.7 Å². The summed E-state index contributed by atoms with van der Waals surface area (Å²) in [6.07, 6.45) is 0.545. The summed E-state index contributed by atoms with van der Waals surface area (Å²) in [5.74, 6) is -0.00142. The Morgan fingerprint density at radius 2 is 1.67 bits per heavy atom. The molecule has 0 spiro atoms. The second-order valence-corrected chi connectivity index (χ2v) is 7.09. The van der Waals surface area contributed by atoms with Crippen molar-refractivity contribution in [2.45, 2.75) is 44.2 Å². The zero-order valence-electron chi connectivity index (χ0n) is 11.5. The standard InChI is InChI=1S/C16H16F3NSe/c17-16(18,19)13-14(11-7-3-1-4-8-11)20-21-15(13)12-9-5-2-6-10-12/h2,5-6,9-11H,1,3-4,7-8H2.